The first-order valence-electron chi connectivity index (χ1n) is 18.3. The minimum absolute atomic E-state index is 0.552. The van der Waals surface area contributed by atoms with E-state index in [1.54, 1.807) is 0 Å². The molecule has 0 N–H and O–H groups in total. The highest BCUT2D eigenvalue weighted by molar-refractivity contribution is 6.16. The molecule has 0 radical (unpaired) electrons. The van der Waals surface area contributed by atoms with Crippen LogP contribution in [0.2, 0.25) is 0 Å². The van der Waals surface area contributed by atoms with Crippen LogP contribution in [0.25, 0.3) is 103 Å². The highest BCUT2D eigenvalue weighted by atomic mass is 15.0. The van der Waals surface area contributed by atoms with Crippen molar-refractivity contribution >= 4 is 76.8 Å². The van der Waals surface area contributed by atoms with E-state index in [9.17, 15) is 0 Å². The first kappa shape index (κ1) is 30.7. The lowest BCUT2D eigenvalue weighted by molar-refractivity contribution is 1.15. The molecule has 0 atom stereocenters. The molecule has 0 saturated heterocycles. The smallest absolute Gasteiger partial charge is 0.210 e. The lowest BCUT2D eigenvalue weighted by atomic mass is 10.0. The van der Waals surface area contributed by atoms with Gasteiger partial charge in [0.2, 0.25) is 5.69 Å². The standard InChI is InChI=1S/C50H29N5/c1-51-41-28-25-33(30-49(41)55-46-23-10-6-18-40(46)50-42(52-2)19-12-24-47(50)55)32-13-11-14-34(29-32)54-45-22-9-5-17-38(45)39-27-26-35(31-48(39)54)53-43-20-7-3-15-36(43)37-16-4-8-21-44(37)53/h3-31H. The maximum absolute atomic E-state index is 8.16. The second kappa shape index (κ2) is 11.8. The molecule has 0 bridgehead atoms. The summed E-state index contributed by atoms with van der Waals surface area (Å²) in [4.78, 5) is 7.83. The number of hydrogen-bond donors (Lipinski definition) is 0. The van der Waals surface area contributed by atoms with Gasteiger partial charge >= 0.3 is 0 Å². The average Bonchev–Trinajstić information content (AvgIpc) is 3.89. The van der Waals surface area contributed by atoms with E-state index in [0.717, 1.165) is 61.0 Å². The van der Waals surface area contributed by atoms with Crippen LogP contribution in [0.15, 0.2) is 176 Å². The number of para-hydroxylation sites is 4. The number of aromatic nitrogens is 3. The summed E-state index contributed by atoms with van der Waals surface area (Å²) in [5.74, 6) is 0. The second-order valence-corrected chi connectivity index (χ2v) is 13.9. The minimum atomic E-state index is 0.552. The van der Waals surface area contributed by atoms with E-state index >= 15 is 0 Å². The van der Waals surface area contributed by atoms with Gasteiger partial charge in [-0.25, -0.2) is 9.69 Å². The Hall–Kier alpha value is -7.86. The van der Waals surface area contributed by atoms with Gasteiger partial charge in [-0.05, 0) is 77.2 Å². The van der Waals surface area contributed by atoms with E-state index in [1.807, 2.05) is 42.5 Å². The summed E-state index contributed by atoms with van der Waals surface area (Å²) in [6.45, 7) is 16.1. The molecule has 0 saturated carbocycles. The molecule has 8 aromatic carbocycles. The molecule has 3 heterocycles. The number of nitrogens with zero attached hydrogens (tertiary/aromatic N) is 5. The van der Waals surface area contributed by atoms with Crippen LogP contribution in [-0.4, -0.2) is 13.7 Å². The fourth-order valence-corrected chi connectivity index (χ4v) is 8.73. The normalized spacial score (nSPS) is 11.6. The molecule has 11 aromatic rings. The monoisotopic (exact) mass is 699 g/mol. The molecule has 5 nitrogen and oxygen atoms in total. The molecule has 3 aromatic heterocycles. The first-order valence-corrected chi connectivity index (χ1v) is 18.3. The molecule has 11 rings (SSSR count). The lowest BCUT2D eigenvalue weighted by Crippen LogP contribution is -1.98. The summed E-state index contributed by atoms with van der Waals surface area (Å²) in [6.07, 6.45) is 0. The first-order chi connectivity index (χ1) is 27.2. The van der Waals surface area contributed by atoms with E-state index in [4.69, 9.17) is 13.1 Å². The van der Waals surface area contributed by atoms with Crippen LogP contribution in [0.5, 0.6) is 0 Å². The third-order valence-corrected chi connectivity index (χ3v) is 11.1. The van der Waals surface area contributed by atoms with Crippen LogP contribution >= 0.6 is 0 Å². The van der Waals surface area contributed by atoms with Gasteiger partial charge in [-0.1, -0.05) is 115 Å². The van der Waals surface area contributed by atoms with Gasteiger partial charge in [-0.15, -0.1) is 0 Å². The van der Waals surface area contributed by atoms with E-state index in [2.05, 4.69) is 157 Å². The van der Waals surface area contributed by atoms with Gasteiger partial charge in [0.05, 0.1) is 46.4 Å². The zero-order chi connectivity index (χ0) is 36.6. The summed E-state index contributed by atoms with van der Waals surface area (Å²) in [7, 11) is 0. The van der Waals surface area contributed by atoms with Crippen LogP contribution in [-0.2, 0) is 0 Å². The summed E-state index contributed by atoms with van der Waals surface area (Å²) >= 11 is 0. The van der Waals surface area contributed by atoms with Crippen molar-refractivity contribution in [3.8, 4) is 28.2 Å². The van der Waals surface area contributed by atoms with Gasteiger partial charge in [0.25, 0.3) is 0 Å². The van der Waals surface area contributed by atoms with Crippen LogP contribution in [0, 0.1) is 13.1 Å². The van der Waals surface area contributed by atoms with Crippen molar-refractivity contribution in [3.05, 3.63) is 199 Å². The molecule has 0 spiro atoms. The molecule has 0 amide bonds. The van der Waals surface area contributed by atoms with Crippen molar-refractivity contribution in [1.82, 2.24) is 13.7 Å². The Kier molecular flexibility index (Phi) is 6.61. The number of hydrogen-bond acceptors (Lipinski definition) is 0. The highest BCUT2D eigenvalue weighted by Crippen LogP contribution is 2.42. The van der Waals surface area contributed by atoms with Crippen LogP contribution in [0.3, 0.4) is 0 Å². The van der Waals surface area contributed by atoms with Crippen LogP contribution in [0.1, 0.15) is 0 Å². The fourth-order valence-electron chi connectivity index (χ4n) is 8.73. The van der Waals surface area contributed by atoms with E-state index in [-0.39, 0.29) is 0 Å². The van der Waals surface area contributed by atoms with Crippen molar-refractivity contribution in [3.63, 3.8) is 0 Å². The van der Waals surface area contributed by atoms with Crippen LogP contribution < -0.4 is 0 Å². The molecule has 254 valence electrons. The maximum Gasteiger partial charge on any atom is 0.210 e. The van der Waals surface area contributed by atoms with Crippen LogP contribution in [0.4, 0.5) is 11.4 Å². The average molecular weight is 700 g/mol. The number of benzene rings is 8. The molecular formula is C50H29N5. The topological polar surface area (TPSA) is 23.5 Å². The number of rotatable bonds is 4. The quantitative estimate of drug-likeness (QED) is 0.163. The summed E-state index contributed by atoms with van der Waals surface area (Å²) in [5, 5.41) is 6.78. The predicted molar refractivity (Wildman–Crippen MR) is 227 cm³/mol. The molecule has 5 heteroatoms. The molecule has 0 aliphatic heterocycles. The van der Waals surface area contributed by atoms with Gasteiger partial charge < -0.3 is 13.7 Å². The summed E-state index contributed by atoms with van der Waals surface area (Å²) < 4.78 is 6.89. The predicted octanol–water partition coefficient (Wildman–Crippen LogP) is 13.7. The van der Waals surface area contributed by atoms with Crippen molar-refractivity contribution in [2.75, 3.05) is 0 Å². The third kappa shape index (κ3) is 4.45. The Balaban J connectivity index is 1.12. The van der Waals surface area contributed by atoms with Gasteiger partial charge in [0.1, 0.15) is 0 Å². The summed E-state index contributed by atoms with van der Waals surface area (Å²) in [6, 6.07) is 61.5. The van der Waals surface area contributed by atoms with E-state index < -0.39 is 0 Å². The Bertz CT molecular complexity index is 3420. The molecule has 0 unspecified atom stereocenters. The SMILES string of the molecule is [C-]#[N+]c1ccc(-c2cccc(-n3c4ccccc4c4ccc(-n5c6ccccc6c6ccccc65)cc43)c2)cc1-n1c2ccccc2c2c([N+]#[C-])cccc21. The van der Waals surface area contributed by atoms with Crippen molar-refractivity contribution < 1.29 is 0 Å². The Morgan fingerprint density at radius 3 is 1.49 bits per heavy atom. The van der Waals surface area contributed by atoms with Crippen molar-refractivity contribution in [2.45, 2.75) is 0 Å². The van der Waals surface area contributed by atoms with Gasteiger partial charge in [0.15, 0.2) is 5.69 Å². The molecule has 0 fully saturated rings. The van der Waals surface area contributed by atoms with Gasteiger partial charge in [-0.3, -0.25) is 0 Å². The highest BCUT2D eigenvalue weighted by Gasteiger charge is 2.19. The van der Waals surface area contributed by atoms with E-state index in [0.29, 0.717) is 11.4 Å². The molecular weight excluding hydrogens is 671 g/mol. The maximum atomic E-state index is 8.16. The second-order valence-electron chi connectivity index (χ2n) is 13.9. The third-order valence-electron chi connectivity index (χ3n) is 11.1. The van der Waals surface area contributed by atoms with Gasteiger partial charge in [0, 0.05) is 43.8 Å². The summed E-state index contributed by atoms with van der Waals surface area (Å²) in [5.41, 5.74) is 12.7. The zero-order valence-electron chi connectivity index (χ0n) is 29.5. The molecule has 0 aliphatic rings. The Morgan fingerprint density at radius 1 is 0.327 bits per heavy atom. The Morgan fingerprint density at radius 2 is 0.836 bits per heavy atom. The lowest BCUT2D eigenvalue weighted by Gasteiger charge is -2.14. The zero-order valence-corrected chi connectivity index (χ0v) is 29.5. The minimum Gasteiger partial charge on any atom is -0.320 e. The van der Waals surface area contributed by atoms with E-state index in [1.165, 1.54) is 32.6 Å². The fraction of sp³-hybridized carbons (Fsp3) is 0. The largest absolute Gasteiger partial charge is 0.320 e. The molecule has 55 heavy (non-hydrogen) atoms. The van der Waals surface area contributed by atoms with Crippen molar-refractivity contribution in [2.24, 2.45) is 0 Å². The number of fused-ring (bicyclic) bond motifs is 9. The van der Waals surface area contributed by atoms with Crippen molar-refractivity contribution in [1.29, 1.82) is 0 Å². The molecule has 0 aliphatic carbocycles. The Labute approximate surface area is 316 Å². The van der Waals surface area contributed by atoms with Gasteiger partial charge in [-0.2, -0.15) is 0 Å².